The minimum absolute atomic E-state index is 0.473. The summed E-state index contributed by atoms with van der Waals surface area (Å²) >= 11 is 1.93. The standard InChI is InChI=1S/C14H26N2S/c1-6-13-7-8-14(17-13)12(4)15-9-10-16(5)11(2)3/h7-8,11-12,15H,6,9-10H2,1-5H3. The molecule has 0 saturated carbocycles. The van der Waals surface area contributed by atoms with Crippen molar-refractivity contribution in [3.63, 3.8) is 0 Å². The van der Waals surface area contributed by atoms with Gasteiger partial charge in [0.2, 0.25) is 0 Å². The van der Waals surface area contributed by atoms with Gasteiger partial charge in [0, 0.05) is 34.9 Å². The molecular formula is C14H26N2S. The molecule has 0 spiro atoms. The molecule has 1 rings (SSSR count). The van der Waals surface area contributed by atoms with E-state index in [1.54, 1.807) is 0 Å². The molecule has 1 atom stereocenters. The van der Waals surface area contributed by atoms with Crippen LogP contribution >= 0.6 is 11.3 Å². The fourth-order valence-corrected chi connectivity index (χ4v) is 2.61. The predicted octanol–water partition coefficient (Wildman–Crippen LogP) is 3.30. The van der Waals surface area contributed by atoms with Crippen molar-refractivity contribution in [1.82, 2.24) is 10.2 Å². The lowest BCUT2D eigenvalue weighted by Crippen LogP contribution is -2.34. The molecule has 0 radical (unpaired) electrons. The van der Waals surface area contributed by atoms with Crippen LogP contribution in [0.2, 0.25) is 0 Å². The highest BCUT2D eigenvalue weighted by atomic mass is 32.1. The Bertz CT molecular complexity index is 320. The van der Waals surface area contributed by atoms with E-state index in [2.05, 4.69) is 57.1 Å². The second kappa shape index (κ2) is 7.14. The van der Waals surface area contributed by atoms with Crippen molar-refractivity contribution >= 4 is 11.3 Å². The monoisotopic (exact) mass is 254 g/mol. The summed E-state index contributed by atoms with van der Waals surface area (Å²) in [6, 6.07) is 5.60. The number of nitrogens with one attached hydrogen (secondary N) is 1. The van der Waals surface area contributed by atoms with Crippen LogP contribution in [0.1, 0.15) is 43.5 Å². The van der Waals surface area contributed by atoms with Gasteiger partial charge in [-0.15, -0.1) is 11.3 Å². The molecule has 98 valence electrons. The summed E-state index contributed by atoms with van der Waals surface area (Å²) in [5, 5.41) is 3.59. The maximum absolute atomic E-state index is 3.59. The maximum atomic E-state index is 3.59. The first kappa shape index (κ1) is 14.7. The summed E-state index contributed by atoms with van der Waals surface area (Å²) in [6.07, 6.45) is 1.15. The summed E-state index contributed by atoms with van der Waals surface area (Å²) in [6.45, 7) is 11.1. The average molecular weight is 254 g/mol. The molecular weight excluding hydrogens is 228 g/mol. The summed E-state index contributed by atoms with van der Waals surface area (Å²) < 4.78 is 0. The second-order valence-electron chi connectivity index (χ2n) is 4.91. The normalized spacial score (nSPS) is 13.6. The molecule has 3 heteroatoms. The van der Waals surface area contributed by atoms with Crippen molar-refractivity contribution in [1.29, 1.82) is 0 Å². The van der Waals surface area contributed by atoms with Gasteiger partial charge in [-0.25, -0.2) is 0 Å². The number of thiophene rings is 1. The highest BCUT2D eigenvalue weighted by molar-refractivity contribution is 7.12. The van der Waals surface area contributed by atoms with E-state index in [4.69, 9.17) is 0 Å². The van der Waals surface area contributed by atoms with Gasteiger partial charge in [0.15, 0.2) is 0 Å². The smallest absolute Gasteiger partial charge is 0.0386 e. The quantitative estimate of drug-likeness (QED) is 0.803. The van der Waals surface area contributed by atoms with Gasteiger partial charge in [-0.05, 0) is 46.4 Å². The zero-order valence-electron chi connectivity index (χ0n) is 11.8. The molecule has 0 aromatic carbocycles. The van der Waals surface area contributed by atoms with Crippen LogP contribution in [0.4, 0.5) is 0 Å². The molecule has 0 fully saturated rings. The Morgan fingerprint density at radius 3 is 2.53 bits per heavy atom. The molecule has 0 aliphatic rings. The Labute approximate surface area is 110 Å². The van der Waals surface area contributed by atoms with Crippen molar-refractivity contribution in [2.24, 2.45) is 0 Å². The molecule has 1 N–H and O–H groups in total. The first-order chi connectivity index (χ1) is 8.04. The van der Waals surface area contributed by atoms with E-state index >= 15 is 0 Å². The van der Waals surface area contributed by atoms with Crippen molar-refractivity contribution < 1.29 is 0 Å². The lowest BCUT2D eigenvalue weighted by Gasteiger charge is -2.22. The summed E-state index contributed by atoms with van der Waals surface area (Å²) in [4.78, 5) is 5.30. The van der Waals surface area contributed by atoms with Crippen LogP contribution in [0.3, 0.4) is 0 Å². The Morgan fingerprint density at radius 1 is 1.29 bits per heavy atom. The van der Waals surface area contributed by atoms with Crippen molar-refractivity contribution in [3.05, 3.63) is 21.9 Å². The number of likely N-dealkylation sites (N-methyl/N-ethyl adjacent to an activating group) is 1. The molecule has 0 bridgehead atoms. The Kier molecular flexibility index (Phi) is 6.17. The van der Waals surface area contributed by atoms with Crippen molar-refractivity contribution in [2.75, 3.05) is 20.1 Å². The van der Waals surface area contributed by atoms with E-state index in [0.717, 1.165) is 19.5 Å². The molecule has 1 aromatic rings. The van der Waals surface area contributed by atoms with Gasteiger partial charge >= 0.3 is 0 Å². The third-order valence-corrected chi connectivity index (χ3v) is 4.67. The first-order valence-electron chi connectivity index (χ1n) is 6.56. The van der Waals surface area contributed by atoms with E-state index in [0.29, 0.717) is 12.1 Å². The Morgan fingerprint density at radius 2 is 2.00 bits per heavy atom. The van der Waals surface area contributed by atoms with Crippen molar-refractivity contribution in [3.8, 4) is 0 Å². The van der Waals surface area contributed by atoms with Crippen LogP contribution in [-0.4, -0.2) is 31.1 Å². The number of aryl methyl sites for hydroxylation is 1. The minimum Gasteiger partial charge on any atom is -0.308 e. The largest absolute Gasteiger partial charge is 0.308 e. The third kappa shape index (κ3) is 4.78. The zero-order valence-corrected chi connectivity index (χ0v) is 12.6. The van der Waals surface area contributed by atoms with Gasteiger partial charge in [-0.2, -0.15) is 0 Å². The number of hydrogen-bond acceptors (Lipinski definition) is 3. The van der Waals surface area contributed by atoms with E-state index < -0.39 is 0 Å². The SMILES string of the molecule is CCc1ccc(C(C)NCCN(C)C(C)C)s1. The van der Waals surface area contributed by atoms with E-state index in [9.17, 15) is 0 Å². The zero-order chi connectivity index (χ0) is 12.8. The highest BCUT2D eigenvalue weighted by Crippen LogP contribution is 2.23. The Hall–Kier alpha value is -0.380. The first-order valence-corrected chi connectivity index (χ1v) is 7.38. The van der Waals surface area contributed by atoms with Gasteiger partial charge in [-0.3, -0.25) is 0 Å². The van der Waals surface area contributed by atoms with Crippen LogP contribution in [0.25, 0.3) is 0 Å². The lowest BCUT2D eigenvalue weighted by atomic mass is 10.2. The molecule has 1 heterocycles. The second-order valence-corrected chi connectivity index (χ2v) is 6.11. The summed E-state index contributed by atoms with van der Waals surface area (Å²) in [5.41, 5.74) is 0. The van der Waals surface area contributed by atoms with Crippen LogP contribution in [0, 0.1) is 0 Å². The lowest BCUT2D eigenvalue weighted by molar-refractivity contribution is 0.270. The van der Waals surface area contributed by atoms with Gasteiger partial charge in [0.05, 0.1) is 0 Å². The van der Waals surface area contributed by atoms with Gasteiger partial charge in [0.1, 0.15) is 0 Å². The van der Waals surface area contributed by atoms with E-state index in [-0.39, 0.29) is 0 Å². The molecule has 0 aliphatic carbocycles. The molecule has 17 heavy (non-hydrogen) atoms. The maximum Gasteiger partial charge on any atom is 0.0386 e. The average Bonchev–Trinajstić information content (AvgIpc) is 2.77. The molecule has 0 aliphatic heterocycles. The van der Waals surface area contributed by atoms with Crippen LogP contribution in [0.5, 0.6) is 0 Å². The van der Waals surface area contributed by atoms with Crippen LogP contribution in [-0.2, 0) is 6.42 Å². The van der Waals surface area contributed by atoms with Crippen LogP contribution in [0.15, 0.2) is 12.1 Å². The summed E-state index contributed by atoms with van der Waals surface area (Å²) in [7, 11) is 2.18. The third-order valence-electron chi connectivity index (χ3n) is 3.25. The highest BCUT2D eigenvalue weighted by Gasteiger charge is 2.08. The fraction of sp³-hybridized carbons (Fsp3) is 0.714. The van der Waals surface area contributed by atoms with Crippen molar-refractivity contribution in [2.45, 2.75) is 46.2 Å². The van der Waals surface area contributed by atoms with Crippen LogP contribution < -0.4 is 5.32 Å². The minimum atomic E-state index is 0.473. The fourth-order valence-electron chi connectivity index (χ4n) is 1.63. The Balaban J connectivity index is 2.32. The van der Waals surface area contributed by atoms with E-state index in [1.807, 2.05) is 11.3 Å². The number of nitrogens with zero attached hydrogens (tertiary/aromatic N) is 1. The van der Waals surface area contributed by atoms with Gasteiger partial charge < -0.3 is 10.2 Å². The van der Waals surface area contributed by atoms with Gasteiger partial charge in [0.25, 0.3) is 0 Å². The number of hydrogen-bond donors (Lipinski definition) is 1. The topological polar surface area (TPSA) is 15.3 Å². The number of rotatable bonds is 7. The molecule has 2 nitrogen and oxygen atoms in total. The predicted molar refractivity (Wildman–Crippen MR) is 77.9 cm³/mol. The summed E-state index contributed by atoms with van der Waals surface area (Å²) in [5.74, 6) is 0. The molecule has 0 saturated heterocycles. The van der Waals surface area contributed by atoms with Gasteiger partial charge in [-0.1, -0.05) is 6.92 Å². The van der Waals surface area contributed by atoms with E-state index in [1.165, 1.54) is 9.75 Å². The molecule has 1 unspecified atom stereocenters. The molecule has 1 aromatic heterocycles. The molecule has 0 amide bonds.